The Morgan fingerprint density at radius 2 is 2.50 bits per heavy atom. The molecule has 2 atom stereocenters. The van der Waals surface area contributed by atoms with E-state index in [1.165, 1.54) is 0 Å². The van der Waals surface area contributed by atoms with E-state index >= 15 is 0 Å². The summed E-state index contributed by atoms with van der Waals surface area (Å²) in [5.41, 5.74) is 5.32. The van der Waals surface area contributed by atoms with Crippen LogP contribution in [0.2, 0.25) is 0 Å². The number of aromatic amines is 1. The third-order valence-corrected chi connectivity index (χ3v) is 2.54. The molecule has 2 heterocycles. The highest BCUT2D eigenvalue weighted by molar-refractivity contribution is 5.90. The third kappa shape index (κ3) is 2.48. The van der Waals surface area contributed by atoms with E-state index in [1.807, 2.05) is 6.92 Å². The standard InChI is InChI=1S/C9H15N5O2/c1-5-4-6(2-3-16-5)11-8(15)7-12-9(10)14-13-7/h5-6H,2-4H2,1H3,(H,11,15)(H3,10,12,13,14). The van der Waals surface area contributed by atoms with Crippen molar-refractivity contribution < 1.29 is 9.53 Å². The highest BCUT2D eigenvalue weighted by Crippen LogP contribution is 2.13. The van der Waals surface area contributed by atoms with Crippen LogP contribution >= 0.6 is 0 Å². The number of carbonyl (C=O) groups is 1. The number of nitrogens with one attached hydrogen (secondary N) is 2. The Hall–Kier alpha value is -1.63. The SMILES string of the molecule is CC1CC(NC(=O)c2nc(N)n[nH]2)CCO1. The summed E-state index contributed by atoms with van der Waals surface area (Å²) in [5, 5.41) is 8.95. The number of nitrogens with zero attached hydrogens (tertiary/aromatic N) is 2. The lowest BCUT2D eigenvalue weighted by Gasteiger charge is -2.27. The summed E-state index contributed by atoms with van der Waals surface area (Å²) in [6.07, 6.45) is 1.81. The molecule has 2 rings (SSSR count). The van der Waals surface area contributed by atoms with Gasteiger partial charge >= 0.3 is 0 Å². The number of ether oxygens (including phenoxy) is 1. The fraction of sp³-hybridized carbons (Fsp3) is 0.667. The Morgan fingerprint density at radius 3 is 3.12 bits per heavy atom. The van der Waals surface area contributed by atoms with Gasteiger partial charge in [0.2, 0.25) is 11.8 Å². The lowest BCUT2D eigenvalue weighted by molar-refractivity contribution is 0.0136. The van der Waals surface area contributed by atoms with Gasteiger partial charge in [0.15, 0.2) is 0 Å². The predicted molar refractivity (Wildman–Crippen MR) is 56.7 cm³/mol. The molecule has 7 heteroatoms. The molecule has 0 spiro atoms. The van der Waals surface area contributed by atoms with Crippen LogP contribution in [0.4, 0.5) is 5.95 Å². The van der Waals surface area contributed by atoms with Gasteiger partial charge in [-0.25, -0.2) is 0 Å². The van der Waals surface area contributed by atoms with Crippen LogP contribution in [0.1, 0.15) is 30.4 Å². The number of nitrogens with two attached hydrogens (primary N) is 1. The Labute approximate surface area is 92.8 Å². The van der Waals surface area contributed by atoms with Crippen LogP contribution in [0.5, 0.6) is 0 Å². The van der Waals surface area contributed by atoms with E-state index < -0.39 is 0 Å². The highest BCUT2D eigenvalue weighted by Gasteiger charge is 2.22. The van der Waals surface area contributed by atoms with Crippen molar-refractivity contribution in [2.45, 2.75) is 31.9 Å². The van der Waals surface area contributed by atoms with Crippen molar-refractivity contribution >= 4 is 11.9 Å². The smallest absolute Gasteiger partial charge is 0.288 e. The van der Waals surface area contributed by atoms with Crippen molar-refractivity contribution in [1.29, 1.82) is 0 Å². The average molecular weight is 225 g/mol. The molecular formula is C9H15N5O2. The molecule has 0 radical (unpaired) electrons. The molecule has 1 amide bonds. The molecule has 2 unspecified atom stereocenters. The fourth-order valence-corrected chi connectivity index (χ4v) is 1.76. The van der Waals surface area contributed by atoms with Crippen LogP contribution in [0.3, 0.4) is 0 Å². The van der Waals surface area contributed by atoms with E-state index in [1.54, 1.807) is 0 Å². The lowest BCUT2D eigenvalue weighted by atomic mass is 10.0. The normalized spacial score (nSPS) is 25.3. The quantitative estimate of drug-likeness (QED) is 0.639. The maximum absolute atomic E-state index is 11.7. The molecule has 1 aliphatic heterocycles. The first-order valence-electron chi connectivity index (χ1n) is 5.25. The first-order valence-corrected chi connectivity index (χ1v) is 5.25. The van der Waals surface area contributed by atoms with Crippen LogP contribution in [0, 0.1) is 0 Å². The van der Waals surface area contributed by atoms with E-state index in [-0.39, 0.29) is 29.8 Å². The fourth-order valence-electron chi connectivity index (χ4n) is 1.76. The molecule has 1 aromatic heterocycles. The van der Waals surface area contributed by atoms with E-state index in [4.69, 9.17) is 10.5 Å². The highest BCUT2D eigenvalue weighted by atomic mass is 16.5. The summed E-state index contributed by atoms with van der Waals surface area (Å²) in [6, 6.07) is 0.127. The van der Waals surface area contributed by atoms with E-state index in [0.29, 0.717) is 6.61 Å². The zero-order valence-corrected chi connectivity index (χ0v) is 9.06. The summed E-state index contributed by atoms with van der Waals surface area (Å²) in [7, 11) is 0. The summed E-state index contributed by atoms with van der Waals surface area (Å²) < 4.78 is 5.39. The largest absolute Gasteiger partial charge is 0.378 e. The molecular weight excluding hydrogens is 210 g/mol. The topological polar surface area (TPSA) is 106 Å². The number of anilines is 1. The van der Waals surface area contributed by atoms with Gasteiger partial charge < -0.3 is 15.8 Å². The molecule has 7 nitrogen and oxygen atoms in total. The molecule has 1 saturated heterocycles. The number of H-pyrrole nitrogens is 1. The van der Waals surface area contributed by atoms with Gasteiger partial charge in [-0.3, -0.25) is 9.89 Å². The van der Waals surface area contributed by atoms with E-state index in [9.17, 15) is 4.79 Å². The lowest BCUT2D eigenvalue weighted by Crippen LogP contribution is -2.41. The summed E-state index contributed by atoms with van der Waals surface area (Å²) in [4.78, 5) is 15.5. The van der Waals surface area contributed by atoms with Crippen LogP contribution in [0.15, 0.2) is 0 Å². The van der Waals surface area contributed by atoms with Gasteiger partial charge in [0.1, 0.15) is 0 Å². The predicted octanol–water partition coefficient (Wildman–Crippen LogP) is -0.316. The number of amides is 1. The van der Waals surface area contributed by atoms with Crippen molar-refractivity contribution in [2.75, 3.05) is 12.3 Å². The third-order valence-electron chi connectivity index (χ3n) is 2.54. The summed E-state index contributed by atoms with van der Waals surface area (Å²) >= 11 is 0. The van der Waals surface area contributed by atoms with Crippen LogP contribution in [0.25, 0.3) is 0 Å². The van der Waals surface area contributed by atoms with Crippen molar-refractivity contribution in [3.8, 4) is 0 Å². The second-order valence-electron chi connectivity index (χ2n) is 3.92. The Balaban J connectivity index is 1.92. The van der Waals surface area contributed by atoms with Gasteiger partial charge in [-0.15, -0.1) is 5.10 Å². The number of rotatable bonds is 2. The second kappa shape index (κ2) is 4.48. The first-order chi connectivity index (χ1) is 7.65. The molecule has 88 valence electrons. The minimum atomic E-state index is -0.275. The molecule has 0 aliphatic carbocycles. The molecule has 1 aliphatic rings. The summed E-state index contributed by atoms with van der Waals surface area (Å²) in [6.45, 7) is 2.66. The minimum Gasteiger partial charge on any atom is -0.378 e. The van der Waals surface area contributed by atoms with Crippen LogP contribution < -0.4 is 11.1 Å². The Kier molecular flexibility index (Phi) is 3.04. The molecule has 4 N–H and O–H groups in total. The van der Waals surface area contributed by atoms with Crippen molar-refractivity contribution in [1.82, 2.24) is 20.5 Å². The van der Waals surface area contributed by atoms with Gasteiger partial charge in [0.05, 0.1) is 6.10 Å². The van der Waals surface area contributed by atoms with Gasteiger partial charge in [-0.05, 0) is 19.8 Å². The number of nitrogen functional groups attached to an aromatic ring is 1. The number of aromatic nitrogens is 3. The number of carbonyl (C=O) groups excluding carboxylic acids is 1. The molecule has 16 heavy (non-hydrogen) atoms. The number of hydrogen-bond acceptors (Lipinski definition) is 5. The molecule has 0 saturated carbocycles. The Bertz CT molecular complexity index is 378. The molecule has 1 aromatic rings. The summed E-state index contributed by atoms with van der Waals surface area (Å²) in [5.74, 6) is -0.0505. The maximum Gasteiger partial charge on any atom is 0.288 e. The molecule has 0 bridgehead atoms. The molecule has 0 aromatic carbocycles. The van der Waals surface area contributed by atoms with E-state index in [2.05, 4.69) is 20.5 Å². The van der Waals surface area contributed by atoms with Crippen molar-refractivity contribution in [3.05, 3.63) is 5.82 Å². The minimum absolute atomic E-state index is 0.0745. The van der Waals surface area contributed by atoms with E-state index in [0.717, 1.165) is 12.8 Å². The van der Waals surface area contributed by atoms with Crippen molar-refractivity contribution in [2.24, 2.45) is 0 Å². The van der Waals surface area contributed by atoms with Gasteiger partial charge in [-0.1, -0.05) is 0 Å². The zero-order chi connectivity index (χ0) is 11.5. The van der Waals surface area contributed by atoms with Gasteiger partial charge in [0, 0.05) is 12.6 Å². The van der Waals surface area contributed by atoms with Crippen LogP contribution in [-0.2, 0) is 4.74 Å². The maximum atomic E-state index is 11.7. The first kappa shape index (κ1) is 10.9. The monoisotopic (exact) mass is 225 g/mol. The van der Waals surface area contributed by atoms with Gasteiger partial charge in [0.25, 0.3) is 5.91 Å². The van der Waals surface area contributed by atoms with Crippen LogP contribution in [-0.4, -0.2) is 39.8 Å². The van der Waals surface area contributed by atoms with Crippen molar-refractivity contribution in [3.63, 3.8) is 0 Å². The number of hydrogen-bond donors (Lipinski definition) is 3. The Morgan fingerprint density at radius 1 is 1.69 bits per heavy atom. The van der Waals surface area contributed by atoms with Gasteiger partial charge in [-0.2, -0.15) is 4.98 Å². The zero-order valence-electron chi connectivity index (χ0n) is 9.06. The average Bonchev–Trinajstić information content (AvgIpc) is 2.65. The second-order valence-corrected chi connectivity index (χ2v) is 3.92. The molecule has 1 fully saturated rings.